The van der Waals surface area contributed by atoms with E-state index in [0.717, 1.165) is 7.11 Å². The fraction of sp³-hybridized carbons (Fsp3) is 0.667. The maximum absolute atomic E-state index is 10.8. The summed E-state index contributed by atoms with van der Waals surface area (Å²) < 4.78 is 13.6. The van der Waals surface area contributed by atoms with Crippen LogP contribution in [0.4, 0.5) is 0 Å². The molecule has 1 fully saturated rings. The Labute approximate surface area is 68.0 Å². The van der Waals surface area contributed by atoms with Crippen molar-refractivity contribution < 1.29 is 28.9 Å². The van der Waals surface area contributed by atoms with Gasteiger partial charge in [-0.3, -0.25) is 0 Å². The number of esters is 1. The maximum Gasteiger partial charge on any atom is 0.338 e. The molecule has 1 rings (SSSR count). The van der Waals surface area contributed by atoms with E-state index in [4.69, 9.17) is 9.84 Å². The molecule has 2 atom stereocenters. The highest BCUT2D eigenvalue weighted by Gasteiger charge is 2.41. The summed E-state index contributed by atoms with van der Waals surface area (Å²) in [6.07, 6.45) is -2.40. The molecule has 2 unspecified atom stereocenters. The largest absolute Gasteiger partial charge is 0.479 e. The van der Waals surface area contributed by atoms with Crippen LogP contribution in [0.3, 0.4) is 0 Å². The summed E-state index contributed by atoms with van der Waals surface area (Å²) >= 11 is 0. The quantitative estimate of drug-likeness (QED) is 0.542. The molecule has 0 aromatic carbocycles. The van der Waals surface area contributed by atoms with Crippen molar-refractivity contribution in [2.24, 2.45) is 0 Å². The Morgan fingerprint density at radius 2 is 2.00 bits per heavy atom. The third-order valence-electron chi connectivity index (χ3n) is 1.45. The van der Waals surface area contributed by atoms with Crippen molar-refractivity contribution in [3.63, 3.8) is 0 Å². The molecule has 6 nitrogen and oxygen atoms in total. The Kier molecular flexibility index (Phi) is 2.61. The fourth-order valence-electron chi connectivity index (χ4n) is 0.869. The molecule has 0 aromatic heterocycles. The topological polar surface area (TPSA) is 82.1 Å². The van der Waals surface area contributed by atoms with Gasteiger partial charge in [-0.1, -0.05) is 0 Å². The molecule has 1 saturated heterocycles. The molecule has 0 saturated carbocycles. The molecule has 6 heteroatoms. The van der Waals surface area contributed by atoms with Crippen LogP contribution in [0.5, 0.6) is 0 Å². The molecular weight excluding hydrogens is 168 g/mol. The number of aliphatic carboxylic acids is 1. The second kappa shape index (κ2) is 3.51. The van der Waals surface area contributed by atoms with E-state index in [-0.39, 0.29) is 6.79 Å². The highest BCUT2D eigenvalue weighted by molar-refractivity contribution is 5.85. The van der Waals surface area contributed by atoms with E-state index in [0.29, 0.717) is 0 Å². The van der Waals surface area contributed by atoms with Crippen molar-refractivity contribution in [3.05, 3.63) is 0 Å². The summed E-state index contributed by atoms with van der Waals surface area (Å²) in [4.78, 5) is 21.3. The Bertz CT molecular complexity index is 200. The summed E-state index contributed by atoms with van der Waals surface area (Å²) in [6.45, 7) is -0.198. The van der Waals surface area contributed by atoms with Crippen molar-refractivity contribution in [2.45, 2.75) is 12.2 Å². The minimum absolute atomic E-state index is 0.198. The lowest BCUT2D eigenvalue weighted by molar-refractivity contribution is -0.158. The summed E-state index contributed by atoms with van der Waals surface area (Å²) in [5.74, 6) is -1.97. The fourth-order valence-corrected chi connectivity index (χ4v) is 0.869. The summed E-state index contributed by atoms with van der Waals surface area (Å²) in [7, 11) is 1.16. The van der Waals surface area contributed by atoms with Gasteiger partial charge in [-0.05, 0) is 0 Å². The molecular formula is C6H8O6. The van der Waals surface area contributed by atoms with Crippen molar-refractivity contribution >= 4 is 11.9 Å². The van der Waals surface area contributed by atoms with Crippen molar-refractivity contribution in [3.8, 4) is 0 Å². The van der Waals surface area contributed by atoms with Crippen LogP contribution >= 0.6 is 0 Å². The molecule has 0 aromatic rings. The Morgan fingerprint density at radius 3 is 2.50 bits per heavy atom. The van der Waals surface area contributed by atoms with Gasteiger partial charge in [-0.15, -0.1) is 0 Å². The van der Waals surface area contributed by atoms with E-state index < -0.39 is 24.1 Å². The van der Waals surface area contributed by atoms with Gasteiger partial charge in [-0.2, -0.15) is 0 Å². The van der Waals surface area contributed by atoms with E-state index in [1.807, 2.05) is 0 Å². The Balaban J connectivity index is 2.63. The second-order valence-corrected chi connectivity index (χ2v) is 2.15. The van der Waals surface area contributed by atoms with Gasteiger partial charge in [-0.25, -0.2) is 9.59 Å². The van der Waals surface area contributed by atoms with Crippen LogP contribution in [-0.2, 0) is 23.8 Å². The first-order valence-electron chi connectivity index (χ1n) is 3.20. The smallest absolute Gasteiger partial charge is 0.338 e. The van der Waals surface area contributed by atoms with E-state index >= 15 is 0 Å². The van der Waals surface area contributed by atoms with Gasteiger partial charge < -0.3 is 19.3 Å². The number of hydrogen-bond donors (Lipinski definition) is 1. The van der Waals surface area contributed by atoms with E-state index in [9.17, 15) is 9.59 Å². The third kappa shape index (κ3) is 1.54. The van der Waals surface area contributed by atoms with Crippen LogP contribution in [0.1, 0.15) is 0 Å². The number of methoxy groups -OCH3 is 1. The average Bonchev–Trinajstić information content (AvgIpc) is 2.50. The summed E-state index contributed by atoms with van der Waals surface area (Å²) in [6, 6.07) is 0. The van der Waals surface area contributed by atoms with Crippen molar-refractivity contribution in [2.75, 3.05) is 13.9 Å². The van der Waals surface area contributed by atoms with Gasteiger partial charge in [0.1, 0.15) is 6.79 Å². The molecule has 68 valence electrons. The predicted molar refractivity (Wildman–Crippen MR) is 34.3 cm³/mol. The standard InChI is InChI=1S/C6H8O6/c1-10-6(9)4-3(5(7)8)11-2-12-4/h3-4H,2H2,1H3,(H,7,8). The molecule has 0 radical (unpaired) electrons. The van der Waals surface area contributed by atoms with Crippen LogP contribution < -0.4 is 0 Å². The van der Waals surface area contributed by atoms with Gasteiger partial charge in [0, 0.05) is 0 Å². The Morgan fingerprint density at radius 1 is 1.42 bits per heavy atom. The molecule has 1 heterocycles. The maximum atomic E-state index is 10.8. The third-order valence-corrected chi connectivity index (χ3v) is 1.45. The van der Waals surface area contributed by atoms with Crippen LogP contribution in [0, 0.1) is 0 Å². The molecule has 12 heavy (non-hydrogen) atoms. The lowest BCUT2D eigenvalue weighted by Crippen LogP contribution is -2.37. The number of ether oxygens (including phenoxy) is 3. The SMILES string of the molecule is COC(=O)C1OCOC1C(=O)O. The van der Waals surface area contributed by atoms with Gasteiger partial charge >= 0.3 is 11.9 Å². The first-order valence-corrected chi connectivity index (χ1v) is 3.20. The normalized spacial score (nSPS) is 28.4. The highest BCUT2D eigenvalue weighted by atomic mass is 16.7. The van der Waals surface area contributed by atoms with Gasteiger partial charge in [0.25, 0.3) is 0 Å². The zero-order valence-corrected chi connectivity index (χ0v) is 6.35. The first-order chi connectivity index (χ1) is 5.66. The molecule has 0 aliphatic carbocycles. The van der Waals surface area contributed by atoms with Gasteiger partial charge in [0.05, 0.1) is 7.11 Å². The lowest BCUT2D eigenvalue weighted by atomic mass is 10.2. The van der Waals surface area contributed by atoms with Crippen LogP contribution in [0.2, 0.25) is 0 Å². The van der Waals surface area contributed by atoms with Crippen LogP contribution in [-0.4, -0.2) is 43.2 Å². The zero-order chi connectivity index (χ0) is 9.14. The molecule has 1 aliphatic heterocycles. The van der Waals surface area contributed by atoms with E-state index in [1.54, 1.807) is 0 Å². The molecule has 0 spiro atoms. The monoisotopic (exact) mass is 176 g/mol. The number of carboxylic acids is 1. The minimum atomic E-state index is -1.25. The number of hydrogen-bond acceptors (Lipinski definition) is 5. The lowest BCUT2D eigenvalue weighted by Gasteiger charge is -2.09. The van der Waals surface area contributed by atoms with E-state index in [1.165, 1.54) is 0 Å². The predicted octanol–water partition coefficient (Wildman–Crippen LogP) is -1.01. The second-order valence-electron chi connectivity index (χ2n) is 2.15. The molecule has 1 N–H and O–H groups in total. The summed E-state index contributed by atoms with van der Waals surface area (Å²) in [5.41, 5.74) is 0. The number of carbonyl (C=O) groups is 2. The molecule has 1 aliphatic rings. The van der Waals surface area contributed by atoms with Gasteiger partial charge in [0.2, 0.25) is 0 Å². The zero-order valence-electron chi connectivity index (χ0n) is 6.35. The number of carbonyl (C=O) groups excluding carboxylic acids is 1. The van der Waals surface area contributed by atoms with Crippen LogP contribution in [0.15, 0.2) is 0 Å². The highest BCUT2D eigenvalue weighted by Crippen LogP contribution is 2.14. The van der Waals surface area contributed by atoms with Crippen molar-refractivity contribution in [1.29, 1.82) is 0 Å². The minimum Gasteiger partial charge on any atom is -0.479 e. The summed E-state index contributed by atoms with van der Waals surface area (Å²) in [5, 5.41) is 8.52. The van der Waals surface area contributed by atoms with Gasteiger partial charge in [0.15, 0.2) is 12.2 Å². The molecule has 0 amide bonds. The number of rotatable bonds is 2. The van der Waals surface area contributed by atoms with E-state index in [2.05, 4.69) is 9.47 Å². The number of carboxylic acid groups (broad SMARTS) is 1. The van der Waals surface area contributed by atoms with Crippen LogP contribution in [0.25, 0.3) is 0 Å². The first kappa shape index (κ1) is 8.95. The molecule has 0 bridgehead atoms. The Hall–Kier alpha value is -1.14. The van der Waals surface area contributed by atoms with Crippen molar-refractivity contribution in [1.82, 2.24) is 0 Å². The average molecular weight is 176 g/mol.